The Hall–Kier alpha value is -2.37. The van der Waals surface area contributed by atoms with Crippen molar-refractivity contribution in [2.75, 3.05) is 18.4 Å². The summed E-state index contributed by atoms with van der Waals surface area (Å²) >= 11 is 0. The summed E-state index contributed by atoms with van der Waals surface area (Å²) in [4.78, 5) is 37.0. The highest BCUT2D eigenvalue weighted by Crippen LogP contribution is 2.21. The molecule has 1 aliphatic heterocycles. The van der Waals surface area contributed by atoms with E-state index in [1.807, 2.05) is 0 Å². The standard InChI is InChI=1S/C17H23N3O3/c1-11(2)7-8-20-10-13(9-15(20)21)17(23)19-14-5-3-12(4-6-14)16(18)22/h3-6,11,13H,7-10H2,1-2H3,(H2,18,22)(H,19,23). The van der Waals surface area contributed by atoms with Gasteiger partial charge in [0.15, 0.2) is 0 Å². The Morgan fingerprint density at radius 1 is 1.30 bits per heavy atom. The van der Waals surface area contributed by atoms with E-state index in [-0.39, 0.29) is 24.2 Å². The normalized spacial score (nSPS) is 17.6. The first-order valence-electron chi connectivity index (χ1n) is 7.85. The molecule has 2 rings (SSSR count). The van der Waals surface area contributed by atoms with Crippen LogP contribution in [0, 0.1) is 11.8 Å². The molecule has 0 bridgehead atoms. The zero-order valence-electron chi connectivity index (χ0n) is 13.5. The van der Waals surface area contributed by atoms with Crippen molar-refractivity contribution in [3.8, 4) is 0 Å². The van der Waals surface area contributed by atoms with Gasteiger partial charge in [0, 0.05) is 30.8 Å². The van der Waals surface area contributed by atoms with Crippen molar-refractivity contribution < 1.29 is 14.4 Å². The Kier molecular flexibility index (Phi) is 5.36. The van der Waals surface area contributed by atoms with Gasteiger partial charge in [0.1, 0.15) is 0 Å². The molecule has 23 heavy (non-hydrogen) atoms. The van der Waals surface area contributed by atoms with Gasteiger partial charge in [-0.25, -0.2) is 0 Å². The molecule has 1 heterocycles. The van der Waals surface area contributed by atoms with Crippen LogP contribution in [0.2, 0.25) is 0 Å². The number of anilines is 1. The number of primary amides is 1. The van der Waals surface area contributed by atoms with Crippen LogP contribution in [0.5, 0.6) is 0 Å². The third-order valence-electron chi connectivity index (χ3n) is 4.00. The Morgan fingerprint density at radius 2 is 1.96 bits per heavy atom. The Balaban J connectivity index is 1.91. The average molecular weight is 317 g/mol. The number of carbonyl (C=O) groups excluding carboxylic acids is 3. The SMILES string of the molecule is CC(C)CCN1CC(C(=O)Nc2ccc(C(N)=O)cc2)CC1=O. The molecule has 1 unspecified atom stereocenters. The quantitative estimate of drug-likeness (QED) is 0.835. The first-order valence-corrected chi connectivity index (χ1v) is 7.85. The minimum Gasteiger partial charge on any atom is -0.366 e. The zero-order valence-corrected chi connectivity index (χ0v) is 13.5. The molecule has 0 spiro atoms. The maximum absolute atomic E-state index is 12.3. The van der Waals surface area contributed by atoms with Crippen LogP contribution in [-0.4, -0.2) is 35.7 Å². The highest BCUT2D eigenvalue weighted by Gasteiger charge is 2.34. The van der Waals surface area contributed by atoms with E-state index in [2.05, 4.69) is 19.2 Å². The number of nitrogens with zero attached hydrogens (tertiary/aromatic N) is 1. The van der Waals surface area contributed by atoms with Gasteiger partial charge < -0.3 is 16.0 Å². The first-order chi connectivity index (χ1) is 10.9. The van der Waals surface area contributed by atoms with Crippen LogP contribution in [0.3, 0.4) is 0 Å². The second-order valence-electron chi connectivity index (χ2n) is 6.35. The molecule has 124 valence electrons. The minimum atomic E-state index is -0.509. The third-order valence-corrected chi connectivity index (χ3v) is 4.00. The molecule has 0 aliphatic carbocycles. The summed E-state index contributed by atoms with van der Waals surface area (Å²) in [6, 6.07) is 6.38. The number of likely N-dealkylation sites (tertiary alicyclic amines) is 1. The van der Waals surface area contributed by atoms with Crippen LogP contribution in [0.25, 0.3) is 0 Å². The lowest BCUT2D eigenvalue weighted by molar-refractivity contribution is -0.128. The lowest BCUT2D eigenvalue weighted by Crippen LogP contribution is -2.29. The van der Waals surface area contributed by atoms with E-state index >= 15 is 0 Å². The van der Waals surface area contributed by atoms with Crippen LogP contribution < -0.4 is 11.1 Å². The van der Waals surface area contributed by atoms with Gasteiger partial charge in [0.05, 0.1) is 5.92 Å². The molecule has 0 radical (unpaired) electrons. The molecular formula is C17H23N3O3. The fraction of sp³-hybridized carbons (Fsp3) is 0.471. The summed E-state index contributed by atoms with van der Waals surface area (Å²) in [7, 11) is 0. The minimum absolute atomic E-state index is 0.0369. The van der Waals surface area contributed by atoms with Crippen molar-refractivity contribution in [3.05, 3.63) is 29.8 Å². The van der Waals surface area contributed by atoms with Crippen molar-refractivity contribution in [2.45, 2.75) is 26.7 Å². The molecule has 1 atom stereocenters. The van der Waals surface area contributed by atoms with E-state index in [4.69, 9.17) is 5.73 Å². The summed E-state index contributed by atoms with van der Waals surface area (Å²) in [5.74, 6) is -0.443. The Morgan fingerprint density at radius 3 is 2.52 bits per heavy atom. The van der Waals surface area contributed by atoms with Crippen LogP contribution >= 0.6 is 0 Å². The van der Waals surface area contributed by atoms with Gasteiger partial charge in [-0.15, -0.1) is 0 Å². The molecule has 0 saturated carbocycles. The molecule has 1 saturated heterocycles. The van der Waals surface area contributed by atoms with Gasteiger partial charge >= 0.3 is 0 Å². The number of hydrogen-bond acceptors (Lipinski definition) is 3. The largest absolute Gasteiger partial charge is 0.366 e. The van der Waals surface area contributed by atoms with Gasteiger partial charge in [-0.3, -0.25) is 14.4 Å². The third kappa shape index (κ3) is 4.55. The molecule has 6 heteroatoms. The molecule has 3 N–H and O–H groups in total. The summed E-state index contributed by atoms with van der Waals surface area (Å²) in [6.07, 6.45) is 1.19. The van der Waals surface area contributed by atoms with Crippen LogP contribution in [0.1, 0.15) is 37.0 Å². The van der Waals surface area contributed by atoms with Crippen LogP contribution in [0.15, 0.2) is 24.3 Å². The lowest BCUT2D eigenvalue weighted by atomic mass is 10.1. The zero-order chi connectivity index (χ0) is 17.0. The van der Waals surface area contributed by atoms with Crippen molar-refractivity contribution in [2.24, 2.45) is 17.6 Å². The number of nitrogens with two attached hydrogens (primary N) is 1. The number of rotatable bonds is 6. The predicted molar refractivity (Wildman–Crippen MR) is 87.7 cm³/mol. The van der Waals surface area contributed by atoms with E-state index in [9.17, 15) is 14.4 Å². The Labute approximate surface area is 136 Å². The van der Waals surface area contributed by atoms with Crippen molar-refractivity contribution >= 4 is 23.4 Å². The smallest absolute Gasteiger partial charge is 0.248 e. The monoisotopic (exact) mass is 317 g/mol. The van der Waals surface area contributed by atoms with Gasteiger partial charge in [-0.1, -0.05) is 13.8 Å². The Bertz CT molecular complexity index is 596. The molecule has 6 nitrogen and oxygen atoms in total. The average Bonchev–Trinajstić information content (AvgIpc) is 2.87. The number of amides is 3. The van der Waals surface area contributed by atoms with Gasteiger partial charge in [0.2, 0.25) is 17.7 Å². The second-order valence-corrected chi connectivity index (χ2v) is 6.35. The molecule has 3 amide bonds. The van der Waals surface area contributed by atoms with Crippen LogP contribution in [-0.2, 0) is 9.59 Å². The summed E-state index contributed by atoms with van der Waals surface area (Å²) < 4.78 is 0. The van der Waals surface area contributed by atoms with E-state index < -0.39 is 5.91 Å². The van der Waals surface area contributed by atoms with Crippen LogP contribution in [0.4, 0.5) is 5.69 Å². The second kappa shape index (κ2) is 7.26. The fourth-order valence-electron chi connectivity index (χ4n) is 2.54. The fourth-order valence-corrected chi connectivity index (χ4v) is 2.54. The summed E-state index contributed by atoms with van der Waals surface area (Å²) in [5, 5.41) is 2.79. The molecule has 1 aliphatic rings. The van der Waals surface area contributed by atoms with Crippen molar-refractivity contribution in [1.82, 2.24) is 4.90 Å². The number of hydrogen-bond donors (Lipinski definition) is 2. The van der Waals surface area contributed by atoms with E-state index in [0.717, 1.165) is 6.42 Å². The summed E-state index contributed by atoms with van der Waals surface area (Å²) in [5.41, 5.74) is 6.15. The number of carbonyl (C=O) groups is 3. The number of nitrogens with one attached hydrogen (secondary N) is 1. The highest BCUT2D eigenvalue weighted by molar-refractivity contribution is 5.98. The number of benzene rings is 1. The topological polar surface area (TPSA) is 92.5 Å². The van der Waals surface area contributed by atoms with Gasteiger partial charge in [-0.2, -0.15) is 0 Å². The molecular weight excluding hydrogens is 294 g/mol. The lowest BCUT2D eigenvalue weighted by Gasteiger charge is -2.17. The van der Waals surface area contributed by atoms with Gasteiger partial charge in [0.25, 0.3) is 0 Å². The van der Waals surface area contributed by atoms with Gasteiger partial charge in [-0.05, 0) is 36.6 Å². The first kappa shape index (κ1) is 17.0. The van der Waals surface area contributed by atoms with Crippen molar-refractivity contribution in [3.63, 3.8) is 0 Å². The van der Waals surface area contributed by atoms with E-state index in [1.54, 1.807) is 29.2 Å². The van der Waals surface area contributed by atoms with E-state index in [0.29, 0.717) is 30.3 Å². The molecule has 1 aromatic carbocycles. The summed E-state index contributed by atoms with van der Waals surface area (Å²) in [6.45, 7) is 5.39. The maximum Gasteiger partial charge on any atom is 0.248 e. The molecule has 0 aromatic heterocycles. The maximum atomic E-state index is 12.3. The molecule has 1 fully saturated rings. The molecule has 1 aromatic rings. The highest BCUT2D eigenvalue weighted by atomic mass is 16.2. The predicted octanol–water partition coefficient (Wildman–Crippen LogP) is 1.62. The van der Waals surface area contributed by atoms with Crippen molar-refractivity contribution in [1.29, 1.82) is 0 Å². The van der Waals surface area contributed by atoms with E-state index in [1.165, 1.54) is 0 Å².